The lowest BCUT2D eigenvalue weighted by Crippen LogP contribution is -2.12. The summed E-state index contributed by atoms with van der Waals surface area (Å²) in [6, 6.07) is 0.276. The first-order valence-electron chi connectivity index (χ1n) is 6.58. The third-order valence-corrected chi connectivity index (χ3v) is 4.44. The van der Waals surface area contributed by atoms with Gasteiger partial charge >= 0.3 is 5.97 Å². The Hall–Kier alpha value is -1.63. The van der Waals surface area contributed by atoms with Crippen LogP contribution in [0.15, 0.2) is 18.2 Å². The lowest BCUT2D eigenvalue weighted by molar-refractivity contribution is -0.147. The van der Waals surface area contributed by atoms with Crippen molar-refractivity contribution in [2.45, 2.75) is 20.5 Å². The second-order valence-corrected chi connectivity index (χ2v) is 6.21. The van der Waals surface area contributed by atoms with Gasteiger partial charge in [0.15, 0.2) is 11.6 Å². The van der Waals surface area contributed by atoms with Gasteiger partial charge in [-0.05, 0) is 11.5 Å². The van der Waals surface area contributed by atoms with Crippen LogP contribution >= 0.6 is 11.6 Å². The first-order valence-corrected chi connectivity index (χ1v) is 6.96. The average molecular weight is 355 g/mol. The third kappa shape index (κ3) is 3.34. The molecule has 1 saturated carbocycles. The van der Waals surface area contributed by atoms with Gasteiger partial charge in [0.05, 0.1) is 10.9 Å². The van der Waals surface area contributed by atoms with Gasteiger partial charge < -0.3 is 4.74 Å². The Kier molecular flexibility index (Phi) is 4.71. The third-order valence-electron chi connectivity index (χ3n) is 4.03. The number of rotatable bonds is 4. The Morgan fingerprint density at radius 1 is 1.30 bits per heavy atom. The van der Waals surface area contributed by atoms with Gasteiger partial charge in [0.1, 0.15) is 12.4 Å². The number of ether oxygens (including phenoxy) is 1. The predicted molar refractivity (Wildman–Crippen MR) is 72.2 cm³/mol. The summed E-state index contributed by atoms with van der Waals surface area (Å²) in [6.45, 7) is 2.40. The molecule has 23 heavy (non-hydrogen) atoms. The number of benzene rings is 1. The van der Waals surface area contributed by atoms with Crippen LogP contribution in [0.2, 0.25) is 5.02 Å². The van der Waals surface area contributed by atoms with E-state index in [4.69, 9.17) is 16.3 Å². The second kappa shape index (κ2) is 6.11. The second-order valence-electron chi connectivity index (χ2n) is 5.84. The first-order chi connectivity index (χ1) is 10.6. The van der Waals surface area contributed by atoms with Crippen LogP contribution in [0.4, 0.5) is 22.0 Å². The van der Waals surface area contributed by atoms with Gasteiger partial charge in [-0.2, -0.15) is 8.78 Å². The highest BCUT2D eigenvalue weighted by Crippen LogP contribution is 2.60. The van der Waals surface area contributed by atoms with Crippen molar-refractivity contribution in [1.82, 2.24) is 0 Å². The summed E-state index contributed by atoms with van der Waals surface area (Å²) in [4.78, 5) is 11.9. The van der Waals surface area contributed by atoms with Gasteiger partial charge in [0, 0.05) is 17.5 Å². The number of halogens is 6. The molecule has 0 bridgehead atoms. The zero-order chi connectivity index (χ0) is 17.5. The highest BCUT2D eigenvalue weighted by molar-refractivity contribution is 6.31. The van der Waals surface area contributed by atoms with Crippen LogP contribution in [0.3, 0.4) is 0 Å². The largest absolute Gasteiger partial charge is 0.460 e. The molecule has 1 fully saturated rings. The molecule has 0 aliphatic heterocycles. The van der Waals surface area contributed by atoms with Gasteiger partial charge in [0.2, 0.25) is 0 Å². The zero-order valence-corrected chi connectivity index (χ0v) is 12.9. The molecule has 2 nitrogen and oxygen atoms in total. The first kappa shape index (κ1) is 17.7. The maximum atomic E-state index is 13.6. The Balaban J connectivity index is 2.11. The van der Waals surface area contributed by atoms with Crippen molar-refractivity contribution in [3.8, 4) is 0 Å². The van der Waals surface area contributed by atoms with E-state index >= 15 is 0 Å². The van der Waals surface area contributed by atoms with Crippen LogP contribution in [0.1, 0.15) is 19.4 Å². The van der Waals surface area contributed by atoms with Gasteiger partial charge in [-0.3, -0.25) is 4.79 Å². The van der Waals surface area contributed by atoms with Gasteiger partial charge in [-0.25, -0.2) is 13.2 Å². The van der Waals surface area contributed by atoms with Gasteiger partial charge in [-0.1, -0.05) is 25.4 Å². The van der Waals surface area contributed by atoms with Crippen molar-refractivity contribution in [3.63, 3.8) is 0 Å². The van der Waals surface area contributed by atoms with Crippen molar-refractivity contribution in [3.05, 3.63) is 46.3 Å². The SMILES string of the molecule is CC1(C)[C@H](C=C(F)F)[C@H]1C(=O)OCc1c(F)c(F)cc(F)c1Cl. The Bertz CT molecular complexity index is 657. The van der Waals surface area contributed by atoms with Crippen LogP contribution in [0.25, 0.3) is 0 Å². The van der Waals surface area contributed by atoms with Crippen molar-refractivity contribution >= 4 is 17.6 Å². The molecular formula is C15H12ClF5O2. The fourth-order valence-electron chi connectivity index (χ4n) is 2.56. The minimum absolute atomic E-state index is 0.276. The average Bonchev–Trinajstić information content (AvgIpc) is 2.96. The Morgan fingerprint density at radius 3 is 2.48 bits per heavy atom. The molecule has 1 aliphatic rings. The quantitative estimate of drug-likeness (QED) is 0.439. The van der Waals surface area contributed by atoms with E-state index in [-0.39, 0.29) is 6.07 Å². The molecule has 2 atom stereocenters. The van der Waals surface area contributed by atoms with Crippen molar-refractivity contribution < 1.29 is 31.5 Å². The van der Waals surface area contributed by atoms with Crippen molar-refractivity contribution in [1.29, 1.82) is 0 Å². The molecule has 0 aromatic heterocycles. The molecule has 1 aromatic carbocycles. The lowest BCUT2D eigenvalue weighted by Gasteiger charge is -2.09. The lowest BCUT2D eigenvalue weighted by atomic mass is 10.1. The normalized spacial score (nSPS) is 21.7. The molecular weight excluding hydrogens is 343 g/mol. The Labute approximate surface area is 133 Å². The number of esters is 1. The number of allylic oxidation sites excluding steroid dienone is 1. The molecule has 2 rings (SSSR count). The summed E-state index contributed by atoms with van der Waals surface area (Å²) in [5.41, 5.74) is -1.38. The van der Waals surface area contributed by atoms with Gasteiger partial charge in [0.25, 0.3) is 6.08 Å². The van der Waals surface area contributed by atoms with E-state index in [9.17, 15) is 26.7 Å². The van der Waals surface area contributed by atoms with E-state index in [1.54, 1.807) is 13.8 Å². The predicted octanol–water partition coefficient (Wildman–Crippen LogP) is 4.85. The molecule has 0 saturated heterocycles. The number of carbonyl (C=O) groups excluding carboxylic acids is 1. The molecule has 0 heterocycles. The molecule has 8 heteroatoms. The zero-order valence-electron chi connectivity index (χ0n) is 12.1. The van der Waals surface area contributed by atoms with E-state index in [0.717, 1.165) is 0 Å². The van der Waals surface area contributed by atoms with E-state index in [1.807, 2.05) is 0 Å². The highest BCUT2D eigenvalue weighted by atomic mass is 35.5. The molecule has 0 spiro atoms. The monoisotopic (exact) mass is 354 g/mol. The summed E-state index contributed by atoms with van der Waals surface area (Å²) in [5.74, 6) is -6.51. The highest BCUT2D eigenvalue weighted by Gasteiger charge is 2.62. The standard InChI is InChI=1S/C15H12ClF5O2/c1-15(2)7(3-10(19)20)11(15)14(22)23-5-6-12(16)8(17)4-9(18)13(6)21/h3-4,7,11H,5H2,1-2H3/t7-,11+/m1/s1. The fraction of sp³-hybridized carbons (Fsp3) is 0.400. The van der Waals surface area contributed by atoms with E-state index in [1.165, 1.54) is 0 Å². The fourth-order valence-corrected chi connectivity index (χ4v) is 2.75. The molecule has 126 valence electrons. The molecule has 0 unspecified atom stereocenters. The van der Waals surface area contributed by atoms with Crippen LogP contribution in [-0.4, -0.2) is 5.97 Å². The van der Waals surface area contributed by atoms with Crippen LogP contribution < -0.4 is 0 Å². The van der Waals surface area contributed by atoms with Crippen LogP contribution in [0, 0.1) is 34.7 Å². The van der Waals surface area contributed by atoms with Gasteiger partial charge in [-0.15, -0.1) is 0 Å². The summed E-state index contributed by atoms with van der Waals surface area (Å²) in [5, 5.41) is -0.696. The minimum Gasteiger partial charge on any atom is -0.460 e. The minimum atomic E-state index is -1.92. The summed E-state index contributed by atoms with van der Waals surface area (Å²) in [7, 11) is 0. The molecule has 1 aromatic rings. The van der Waals surface area contributed by atoms with Crippen molar-refractivity contribution in [2.24, 2.45) is 17.3 Å². The van der Waals surface area contributed by atoms with Crippen molar-refractivity contribution in [2.75, 3.05) is 0 Å². The topological polar surface area (TPSA) is 26.3 Å². The summed E-state index contributed by atoms with van der Waals surface area (Å²) >= 11 is 5.52. The summed E-state index contributed by atoms with van der Waals surface area (Å²) < 4.78 is 69.4. The smallest absolute Gasteiger partial charge is 0.310 e. The molecule has 0 amide bonds. The maximum absolute atomic E-state index is 13.6. The van der Waals surface area contributed by atoms with Crippen LogP contribution in [-0.2, 0) is 16.1 Å². The molecule has 0 radical (unpaired) electrons. The molecule has 1 aliphatic carbocycles. The number of hydrogen-bond acceptors (Lipinski definition) is 2. The van der Waals surface area contributed by atoms with E-state index in [0.29, 0.717) is 6.08 Å². The van der Waals surface area contributed by atoms with E-state index in [2.05, 4.69) is 0 Å². The van der Waals surface area contributed by atoms with Crippen LogP contribution in [0.5, 0.6) is 0 Å². The number of hydrogen-bond donors (Lipinski definition) is 0. The maximum Gasteiger partial charge on any atom is 0.310 e. The summed E-state index contributed by atoms with van der Waals surface area (Å²) in [6.07, 6.45) is -1.26. The van der Waals surface area contributed by atoms with E-state index < -0.39 is 63.9 Å². The number of carbonyl (C=O) groups is 1. The Morgan fingerprint density at radius 2 is 1.91 bits per heavy atom. The molecule has 0 N–H and O–H groups in total.